The molecule has 4 aliphatic rings. The smallest absolute Gasteiger partial charge is 0.312 e. The number of nitrogens with zero attached hydrogens (tertiary/aromatic N) is 1. The maximum Gasteiger partial charge on any atom is 0.312 e. The second kappa shape index (κ2) is 6.21. The molecule has 1 aromatic rings. The molecule has 3 fully saturated rings. The fourth-order valence-corrected chi connectivity index (χ4v) is 7.40. The zero-order valence-electron chi connectivity index (χ0n) is 18.1. The normalized spacial score (nSPS) is 39.0. The second-order valence-corrected chi connectivity index (χ2v) is 11.0. The van der Waals surface area contributed by atoms with E-state index in [2.05, 4.69) is 6.92 Å². The van der Waals surface area contributed by atoms with Crippen LogP contribution in [0.1, 0.15) is 82.8 Å². The van der Waals surface area contributed by atoms with Crippen molar-refractivity contribution in [2.24, 2.45) is 22.7 Å². The summed E-state index contributed by atoms with van der Waals surface area (Å²) < 4.78 is 6.28. The van der Waals surface area contributed by atoms with Gasteiger partial charge in [0.1, 0.15) is 5.60 Å². The molecule has 0 bridgehead atoms. The van der Waals surface area contributed by atoms with Crippen LogP contribution in [0.2, 0.25) is 0 Å². The van der Waals surface area contributed by atoms with Crippen LogP contribution >= 0.6 is 0 Å². The molecular weight excluding hydrogens is 382 g/mol. The third-order valence-corrected chi connectivity index (χ3v) is 9.30. The Balaban J connectivity index is 1.48. The number of nitro groups is 1. The molecule has 0 aromatic heterocycles. The summed E-state index contributed by atoms with van der Waals surface area (Å²) in [6, 6.07) is 3.23. The van der Waals surface area contributed by atoms with Gasteiger partial charge in [-0.05, 0) is 100 Å². The molecular formula is C24H31NO5. The summed E-state index contributed by atoms with van der Waals surface area (Å²) in [5, 5.41) is 21.5. The van der Waals surface area contributed by atoms with Crippen LogP contribution in [-0.2, 0) is 16.0 Å². The van der Waals surface area contributed by atoms with E-state index in [0.717, 1.165) is 62.5 Å². The van der Waals surface area contributed by atoms with Crippen molar-refractivity contribution in [2.75, 3.05) is 0 Å². The Labute approximate surface area is 177 Å². The van der Waals surface area contributed by atoms with Crippen molar-refractivity contribution < 1.29 is 19.6 Å². The first-order valence-corrected chi connectivity index (χ1v) is 11.3. The van der Waals surface area contributed by atoms with Crippen molar-refractivity contribution in [3.63, 3.8) is 0 Å². The summed E-state index contributed by atoms with van der Waals surface area (Å²) in [5.74, 6) is 0.920. The molecule has 30 heavy (non-hydrogen) atoms. The molecule has 1 heterocycles. The van der Waals surface area contributed by atoms with Gasteiger partial charge in [-0.2, -0.15) is 0 Å². The van der Waals surface area contributed by atoms with Gasteiger partial charge in [0.05, 0.1) is 10.3 Å². The molecule has 1 aromatic carbocycles. The van der Waals surface area contributed by atoms with Gasteiger partial charge in [0.25, 0.3) is 0 Å². The zero-order chi connectivity index (χ0) is 21.5. The largest absolute Gasteiger partial charge is 0.502 e. The number of carbonyl (C=O) groups excluding carboxylic acids is 1. The molecule has 3 aliphatic carbocycles. The first-order valence-electron chi connectivity index (χ1n) is 11.3. The average Bonchev–Trinajstić information content (AvgIpc) is 2.97. The third kappa shape index (κ3) is 2.51. The number of hydrogen-bond donors (Lipinski definition) is 1. The lowest BCUT2D eigenvalue weighted by molar-refractivity contribution is -0.386. The van der Waals surface area contributed by atoms with E-state index < -0.39 is 10.3 Å². The molecule has 0 amide bonds. The van der Waals surface area contributed by atoms with Gasteiger partial charge in [0.2, 0.25) is 0 Å². The van der Waals surface area contributed by atoms with Gasteiger partial charge >= 0.3 is 11.7 Å². The van der Waals surface area contributed by atoms with Gasteiger partial charge in [-0.3, -0.25) is 14.9 Å². The van der Waals surface area contributed by atoms with Crippen LogP contribution in [-0.4, -0.2) is 21.6 Å². The Bertz CT molecular complexity index is 940. The molecule has 0 radical (unpaired) electrons. The van der Waals surface area contributed by atoms with Crippen molar-refractivity contribution in [2.45, 2.75) is 83.7 Å². The van der Waals surface area contributed by atoms with Crippen molar-refractivity contribution in [3.05, 3.63) is 33.4 Å². The fraction of sp³-hybridized carbons (Fsp3) is 0.708. The highest BCUT2D eigenvalue weighted by molar-refractivity contribution is 5.77. The van der Waals surface area contributed by atoms with E-state index in [1.807, 2.05) is 13.8 Å². The van der Waals surface area contributed by atoms with E-state index in [1.165, 1.54) is 0 Å². The highest BCUT2D eigenvalue weighted by Gasteiger charge is 2.65. The number of ether oxygens (including phenoxy) is 1. The Kier molecular flexibility index (Phi) is 4.10. The first kappa shape index (κ1) is 19.8. The van der Waals surface area contributed by atoms with Crippen molar-refractivity contribution >= 4 is 11.7 Å². The molecule has 6 nitrogen and oxygen atoms in total. The third-order valence-electron chi connectivity index (χ3n) is 9.30. The van der Waals surface area contributed by atoms with Crippen LogP contribution in [0.5, 0.6) is 5.75 Å². The second-order valence-electron chi connectivity index (χ2n) is 11.0. The van der Waals surface area contributed by atoms with E-state index in [9.17, 15) is 20.0 Å². The summed E-state index contributed by atoms with van der Waals surface area (Å²) in [6.07, 6.45) is 7.60. The molecule has 2 saturated carbocycles. The summed E-state index contributed by atoms with van der Waals surface area (Å²) in [4.78, 5) is 23.7. The summed E-state index contributed by atoms with van der Waals surface area (Å²) in [5.41, 5.74) is 1.15. The Morgan fingerprint density at radius 2 is 1.87 bits per heavy atom. The number of rotatable bonds is 1. The number of aryl methyl sites for hydroxylation is 1. The topological polar surface area (TPSA) is 89.7 Å². The molecule has 1 saturated heterocycles. The van der Waals surface area contributed by atoms with Crippen molar-refractivity contribution in [1.82, 2.24) is 0 Å². The Morgan fingerprint density at radius 1 is 1.10 bits per heavy atom. The predicted octanol–water partition coefficient (Wildman–Crippen LogP) is 5.26. The van der Waals surface area contributed by atoms with Gasteiger partial charge in [-0.1, -0.05) is 6.92 Å². The van der Waals surface area contributed by atoms with Crippen LogP contribution in [0, 0.1) is 32.8 Å². The van der Waals surface area contributed by atoms with Crippen LogP contribution in [0.25, 0.3) is 0 Å². The minimum absolute atomic E-state index is 0.0271. The molecule has 1 spiro atoms. The number of phenols is 1. The Hall–Kier alpha value is -2.11. The van der Waals surface area contributed by atoms with Gasteiger partial charge in [-0.15, -0.1) is 0 Å². The Morgan fingerprint density at radius 3 is 2.57 bits per heavy atom. The maximum absolute atomic E-state index is 12.8. The van der Waals surface area contributed by atoms with Gasteiger partial charge < -0.3 is 9.84 Å². The fourth-order valence-electron chi connectivity index (χ4n) is 7.40. The minimum Gasteiger partial charge on any atom is -0.502 e. The monoisotopic (exact) mass is 413 g/mol. The lowest BCUT2D eigenvalue weighted by Crippen LogP contribution is -2.56. The first-order chi connectivity index (χ1) is 14.1. The molecule has 1 aliphatic heterocycles. The highest BCUT2D eigenvalue weighted by atomic mass is 16.6. The lowest BCUT2D eigenvalue weighted by atomic mass is 9.52. The number of benzene rings is 1. The molecule has 3 unspecified atom stereocenters. The van der Waals surface area contributed by atoms with Crippen LogP contribution in [0.4, 0.5) is 5.69 Å². The molecule has 162 valence electrons. The van der Waals surface area contributed by atoms with Crippen molar-refractivity contribution in [3.8, 4) is 5.75 Å². The molecule has 5 atom stereocenters. The summed E-state index contributed by atoms with van der Waals surface area (Å²) in [6.45, 7) is 6.30. The average molecular weight is 414 g/mol. The number of hydrogen-bond acceptors (Lipinski definition) is 5. The van der Waals surface area contributed by atoms with Crippen LogP contribution in [0.3, 0.4) is 0 Å². The van der Waals surface area contributed by atoms with E-state index in [0.29, 0.717) is 11.8 Å². The standard InChI is InChI=1S/C24H31NO5/c1-22(2)10-11-24(30-21(22)27)9-7-18-16-5-4-14-12-20(26)19(25(28)29)13-17(14)15(16)6-8-23(18,24)3/h12-13,15-16,18,26H,4-11H2,1-3H3/t15?,16?,18?,23-,24+/m0/s1. The number of carbonyl (C=O) groups is 1. The SMILES string of the molecule is CC1(C)CC[C@@]2(CCC3C4CCc5cc(O)c([N+](=O)[O-])cc5C4CC[C@@]32C)OC1=O. The van der Waals surface area contributed by atoms with E-state index >= 15 is 0 Å². The number of esters is 1. The summed E-state index contributed by atoms with van der Waals surface area (Å²) in [7, 11) is 0. The van der Waals surface area contributed by atoms with Gasteiger partial charge in [-0.25, -0.2) is 0 Å². The maximum atomic E-state index is 12.8. The van der Waals surface area contributed by atoms with Crippen LogP contribution < -0.4 is 0 Å². The van der Waals surface area contributed by atoms with E-state index in [1.54, 1.807) is 12.1 Å². The lowest BCUT2D eigenvalue weighted by Gasteiger charge is -2.56. The van der Waals surface area contributed by atoms with Gasteiger partial charge in [0, 0.05) is 11.5 Å². The number of aromatic hydroxyl groups is 1. The van der Waals surface area contributed by atoms with E-state index in [-0.39, 0.29) is 34.3 Å². The number of nitro benzene ring substituents is 1. The zero-order valence-corrected chi connectivity index (χ0v) is 18.1. The van der Waals surface area contributed by atoms with Crippen molar-refractivity contribution in [1.29, 1.82) is 0 Å². The van der Waals surface area contributed by atoms with Gasteiger partial charge in [0.15, 0.2) is 5.75 Å². The minimum atomic E-state index is -0.486. The quantitative estimate of drug-likeness (QED) is 0.385. The predicted molar refractivity (Wildman–Crippen MR) is 111 cm³/mol. The number of fused-ring (bicyclic) bond motifs is 6. The van der Waals surface area contributed by atoms with E-state index in [4.69, 9.17) is 4.74 Å². The summed E-state index contributed by atoms with van der Waals surface area (Å²) >= 11 is 0. The molecule has 6 heteroatoms. The molecule has 1 N–H and O–H groups in total. The highest BCUT2D eigenvalue weighted by Crippen LogP contribution is 2.67. The molecule has 5 rings (SSSR count). The van der Waals surface area contributed by atoms with Crippen LogP contribution in [0.15, 0.2) is 12.1 Å². The number of phenolic OH excluding ortho intramolecular Hbond substituents is 1.